The molecule has 1 aromatic carbocycles. The van der Waals surface area contributed by atoms with Crippen LogP contribution in [0.3, 0.4) is 0 Å². The van der Waals surface area contributed by atoms with E-state index in [0.717, 1.165) is 6.07 Å². The summed E-state index contributed by atoms with van der Waals surface area (Å²) < 4.78 is 39.3. The second kappa shape index (κ2) is 3.51. The molecule has 0 spiro atoms. The molecule has 0 N–H and O–H groups in total. The first kappa shape index (κ1) is 12.9. The molecule has 1 fully saturated rings. The molecular weight excluding hydrogens is 269 g/mol. The topological polar surface area (TPSA) is 17.1 Å². The first-order valence-corrected chi connectivity index (χ1v) is 9.96. The molecule has 0 bridgehead atoms. The third-order valence-electron chi connectivity index (χ3n) is 4.33. The SMILES string of the molecule is C[Si](C)(C)C1C2C(=O)c3cccc(C(F)(F)F)c3C21. The Balaban J connectivity index is 2.14. The summed E-state index contributed by atoms with van der Waals surface area (Å²) in [5.74, 6) is -0.421. The molecule has 1 saturated carbocycles. The predicted octanol–water partition coefficient (Wildman–Crippen LogP) is 4.32. The molecule has 1 aromatic rings. The van der Waals surface area contributed by atoms with Crippen molar-refractivity contribution in [1.29, 1.82) is 0 Å². The highest BCUT2D eigenvalue weighted by atomic mass is 28.3. The number of benzene rings is 1. The molecule has 5 heteroatoms. The summed E-state index contributed by atoms with van der Waals surface area (Å²) in [6, 6.07) is 3.99. The van der Waals surface area contributed by atoms with Crippen LogP contribution in [0, 0.1) is 5.92 Å². The molecule has 0 heterocycles. The van der Waals surface area contributed by atoms with Gasteiger partial charge in [0.15, 0.2) is 5.78 Å². The molecule has 2 aliphatic carbocycles. The van der Waals surface area contributed by atoms with E-state index in [-0.39, 0.29) is 28.7 Å². The lowest BCUT2D eigenvalue weighted by Gasteiger charge is -2.20. The number of ketones is 1. The van der Waals surface area contributed by atoms with Gasteiger partial charge in [0.05, 0.1) is 5.56 Å². The highest BCUT2D eigenvalue weighted by Gasteiger charge is 2.66. The van der Waals surface area contributed by atoms with Crippen molar-refractivity contribution in [3.63, 3.8) is 0 Å². The van der Waals surface area contributed by atoms with Crippen LogP contribution < -0.4 is 0 Å². The van der Waals surface area contributed by atoms with E-state index in [2.05, 4.69) is 19.6 Å². The van der Waals surface area contributed by atoms with Gasteiger partial charge in [-0.25, -0.2) is 0 Å². The van der Waals surface area contributed by atoms with Crippen molar-refractivity contribution < 1.29 is 18.0 Å². The van der Waals surface area contributed by atoms with Gasteiger partial charge in [-0.2, -0.15) is 13.2 Å². The number of halogens is 3. The Morgan fingerprint density at radius 2 is 1.74 bits per heavy atom. The van der Waals surface area contributed by atoms with Gasteiger partial charge in [0.25, 0.3) is 0 Å². The van der Waals surface area contributed by atoms with E-state index >= 15 is 0 Å². The second-order valence-corrected chi connectivity index (χ2v) is 12.0. The van der Waals surface area contributed by atoms with E-state index in [1.165, 1.54) is 6.07 Å². The predicted molar refractivity (Wildman–Crippen MR) is 69.1 cm³/mol. The number of fused-ring (bicyclic) bond motifs is 3. The van der Waals surface area contributed by atoms with Crippen molar-refractivity contribution in [1.82, 2.24) is 0 Å². The van der Waals surface area contributed by atoms with Crippen molar-refractivity contribution in [2.75, 3.05) is 0 Å². The average Bonchev–Trinajstić information content (AvgIpc) is 2.94. The van der Waals surface area contributed by atoms with Crippen LogP contribution in [0.2, 0.25) is 25.2 Å². The number of hydrogen-bond acceptors (Lipinski definition) is 1. The lowest BCUT2D eigenvalue weighted by Crippen LogP contribution is -2.24. The summed E-state index contributed by atoms with van der Waals surface area (Å²) in [6.45, 7) is 6.37. The molecule has 19 heavy (non-hydrogen) atoms. The Kier molecular flexibility index (Phi) is 2.38. The molecule has 3 rings (SSSR count). The quantitative estimate of drug-likeness (QED) is 0.702. The normalized spacial score (nSPS) is 29.2. The largest absolute Gasteiger partial charge is 0.416 e. The van der Waals surface area contributed by atoms with E-state index < -0.39 is 19.8 Å². The van der Waals surface area contributed by atoms with Gasteiger partial charge >= 0.3 is 6.18 Å². The first-order valence-electron chi connectivity index (χ1n) is 6.38. The Morgan fingerprint density at radius 1 is 1.11 bits per heavy atom. The Hall–Kier alpha value is -1.10. The lowest BCUT2D eigenvalue weighted by molar-refractivity contribution is -0.138. The fraction of sp³-hybridized carbons (Fsp3) is 0.500. The molecule has 102 valence electrons. The van der Waals surface area contributed by atoms with Crippen LogP contribution in [0.15, 0.2) is 18.2 Å². The maximum Gasteiger partial charge on any atom is 0.416 e. The highest BCUT2D eigenvalue weighted by molar-refractivity contribution is 6.79. The van der Waals surface area contributed by atoms with E-state index in [1.807, 2.05) is 0 Å². The lowest BCUT2D eigenvalue weighted by atomic mass is 9.99. The van der Waals surface area contributed by atoms with E-state index in [9.17, 15) is 18.0 Å². The van der Waals surface area contributed by atoms with Gasteiger partial charge in [-0.3, -0.25) is 4.79 Å². The molecule has 0 radical (unpaired) electrons. The molecule has 0 saturated heterocycles. The first-order chi connectivity index (χ1) is 8.64. The van der Waals surface area contributed by atoms with Crippen molar-refractivity contribution in [3.05, 3.63) is 34.9 Å². The summed E-state index contributed by atoms with van der Waals surface area (Å²) in [5, 5.41) is 0. The van der Waals surface area contributed by atoms with Gasteiger partial charge in [0.1, 0.15) is 0 Å². The van der Waals surface area contributed by atoms with Gasteiger partial charge < -0.3 is 0 Å². The zero-order valence-corrected chi connectivity index (χ0v) is 12.0. The smallest absolute Gasteiger partial charge is 0.294 e. The summed E-state index contributed by atoms with van der Waals surface area (Å²) in [5.41, 5.74) is 0.152. The van der Waals surface area contributed by atoms with Gasteiger partial charge in [-0.05, 0) is 23.1 Å². The standard InChI is InChI=1S/C14H15F3OSi/c1-19(2,3)13-10-9-7(12(18)11(10)13)5-4-6-8(9)14(15,16)17/h4-6,10-11,13H,1-3H3. The Bertz CT molecular complexity index is 571. The molecule has 0 aromatic heterocycles. The molecule has 0 amide bonds. The molecule has 3 unspecified atom stereocenters. The molecule has 1 nitrogen and oxygen atoms in total. The number of hydrogen-bond donors (Lipinski definition) is 0. The van der Waals surface area contributed by atoms with Crippen LogP contribution in [-0.4, -0.2) is 13.9 Å². The average molecular weight is 284 g/mol. The third-order valence-corrected chi connectivity index (χ3v) is 7.05. The van der Waals surface area contributed by atoms with Gasteiger partial charge in [-0.1, -0.05) is 31.8 Å². The van der Waals surface area contributed by atoms with Crippen molar-refractivity contribution in [2.24, 2.45) is 5.92 Å². The fourth-order valence-electron chi connectivity index (χ4n) is 3.64. The zero-order chi connectivity index (χ0) is 14.2. The summed E-state index contributed by atoms with van der Waals surface area (Å²) in [6.07, 6.45) is -4.37. The number of Topliss-reactive ketones (excluding diaryl/α,β-unsaturated/α-hetero) is 1. The van der Waals surface area contributed by atoms with E-state index in [4.69, 9.17) is 0 Å². The fourth-order valence-corrected chi connectivity index (χ4v) is 6.42. The third kappa shape index (κ3) is 1.70. The Labute approximate surface area is 110 Å². The van der Waals surface area contributed by atoms with Crippen LogP contribution in [0.25, 0.3) is 0 Å². The summed E-state index contributed by atoms with van der Waals surface area (Å²) in [7, 11) is -1.60. The van der Waals surface area contributed by atoms with Gasteiger partial charge in [0.2, 0.25) is 0 Å². The van der Waals surface area contributed by atoms with Gasteiger partial charge in [-0.15, -0.1) is 0 Å². The molecule has 0 aliphatic heterocycles. The maximum atomic E-state index is 13.1. The van der Waals surface area contributed by atoms with Crippen LogP contribution >= 0.6 is 0 Å². The minimum atomic E-state index is -4.37. The molecule has 2 aliphatic rings. The Morgan fingerprint density at radius 3 is 2.26 bits per heavy atom. The maximum absolute atomic E-state index is 13.1. The van der Waals surface area contributed by atoms with Crippen LogP contribution in [0.4, 0.5) is 13.2 Å². The number of carbonyl (C=O) groups is 1. The monoisotopic (exact) mass is 284 g/mol. The minimum absolute atomic E-state index is 0.0708. The number of alkyl halides is 3. The van der Waals surface area contributed by atoms with Crippen molar-refractivity contribution in [2.45, 2.75) is 37.3 Å². The number of carbonyl (C=O) groups excluding carboxylic acids is 1. The van der Waals surface area contributed by atoms with Crippen LogP contribution in [0.5, 0.6) is 0 Å². The van der Waals surface area contributed by atoms with Crippen molar-refractivity contribution >= 4 is 13.9 Å². The van der Waals surface area contributed by atoms with E-state index in [1.54, 1.807) is 6.07 Å². The molecule has 3 atom stereocenters. The molecular formula is C14H15F3OSi. The zero-order valence-electron chi connectivity index (χ0n) is 11.0. The number of rotatable bonds is 1. The van der Waals surface area contributed by atoms with Crippen molar-refractivity contribution in [3.8, 4) is 0 Å². The summed E-state index contributed by atoms with van der Waals surface area (Å²) >= 11 is 0. The van der Waals surface area contributed by atoms with E-state index in [0.29, 0.717) is 5.56 Å². The van der Waals surface area contributed by atoms with Crippen LogP contribution in [-0.2, 0) is 6.18 Å². The minimum Gasteiger partial charge on any atom is -0.294 e. The second-order valence-electron chi connectivity index (χ2n) is 6.57. The highest BCUT2D eigenvalue weighted by Crippen LogP contribution is 2.70. The summed E-state index contributed by atoms with van der Waals surface area (Å²) in [4.78, 5) is 12.2. The van der Waals surface area contributed by atoms with Crippen LogP contribution in [0.1, 0.15) is 27.4 Å². The van der Waals surface area contributed by atoms with Gasteiger partial charge in [0, 0.05) is 19.6 Å².